The van der Waals surface area contributed by atoms with Gasteiger partial charge >= 0.3 is 0 Å². The maximum absolute atomic E-state index is 13.1. The van der Waals surface area contributed by atoms with Crippen LogP contribution >= 0.6 is 0 Å². The van der Waals surface area contributed by atoms with E-state index in [1.807, 2.05) is 17.9 Å². The number of hydrogen-bond acceptors (Lipinski definition) is 3. The minimum absolute atomic E-state index is 0.0960. The first-order valence-electron chi connectivity index (χ1n) is 8.78. The van der Waals surface area contributed by atoms with Gasteiger partial charge in [0.1, 0.15) is 5.82 Å². The van der Waals surface area contributed by atoms with Crippen molar-refractivity contribution in [1.82, 2.24) is 14.7 Å². The molecule has 5 heteroatoms. The van der Waals surface area contributed by atoms with Gasteiger partial charge in [0.05, 0.1) is 12.3 Å². The molecule has 1 aromatic carbocycles. The lowest BCUT2D eigenvalue weighted by atomic mass is 9.87. The quantitative estimate of drug-likeness (QED) is 0.938. The highest BCUT2D eigenvalue weighted by molar-refractivity contribution is 5.26. The molecule has 2 fully saturated rings. The first kappa shape index (κ1) is 15.8. The molecule has 1 N–H and O–H groups in total. The molecular weight excluding hydrogens is 305 g/mol. The molecule has 1 aliphatic carbocycles. The fourth-order valence-corrected chi connectivity index (χ4v) is 3.98. The van der Waals surface area contributed by atoms with Gasteiger partial charge in [-0.15, -0.1) is 0 Å². The maximum atomic E-state index is 13.1. The number of hydrogen-bond donors (Lipinski definition) is 1. The Morgan fingerprint density at radius 3 is 2.62 bits per heavy atom. The number of benzene rings is 1. The van der Waals surface area contributed by atoms with Crippen molar-refractivity contribution in [1.29, 1.82) is 0 Å². The van der Waals surface area contributed by atoms with Crippen LogP contribution < -0.4 is 0 Å². The summed E-state index contributed by atoms with van der Waals surface area (Å²) < 4.78 is 15.1. The summed E-state index contributed by atoms with van der Waals surface area (Å²) in [5.74, 6) is 0.544. The van der Waals surface area contributed by atoms with E-state index in [0.29, 0.717) is 12.5 Å². The van der Waals surface area contributed by atoms with E-state index in [9.17, 15) is 9.50 Å². The van der Waals surface area contributed by atoms with Crippen LogP contribution in [0.3, 0.4) is 0 Å². The summed E-state index contributed by atoms with van der Waals surface area (Å²) in [6.45, 7) is 2.45. The Morgan fingerprint density at radius 2 is 1.96 bits per heavy atom. The Balaban J connectivity index is 1.42. The number of aliphatic hydroxyl groups is 1. The van der Waals surface area contributed by atoms with Gasteiger partial charge in [-0.1, -0.05) is 12.1 Å². The molecule has 4 nitrogen and oxygen atoms in total. The van der Waals surface area contributed by atoms with E-state index < -0.39 is 6.10 Å². The van der Waals surface area contributed by atoms with Crippen molar-refractivity contribution in [2.45, 2.75) is 43.7 Å². The Bertz CT molecular complexity index is 708. The smallest absolute Gasteiger partial charge is 0.123 e. The highest BCUT2D eigenvalue weighted by atomic mass is 19.1. The van der Waals surface area contributed by atoms with E-state index in [4.69, 9.17) is 0 Å². The summed E-state index contributed by atoms with van der Waals surface area (Å²) in [5.41, 5.74) is 3.70. The molecule has 1 aromatic heterocycles. The second-order valence-corrected chi connectivity index (χ2v) is 7.20. The van der Waals surface area contributed by atoms with Gasteiger partial charge in [-0.25, -0.2) is 4.39 Å². The second-order valence-electron chi connectivity index (χ2n) is 7.20. The van der Waals surface area contributed by atoms with Crippen molar-refractivity contribution < 1.29 is 9.50 Å². The Hall–Kier alpha value is -1.72. The number of β-amino-alcohol motifs (C(OH)–C–C–N with tert-alkyl or cyclic N) is 1. The molecule has 0 amide bonds. The van der Waals surface area contributed by atoms with Crippen LogP contribution in [0, 0.1) is 5.82 Å². The van der Waals surface area contributed by atoms with Crippen LogP contribution in [0.2, 0.25) is 0 Å². The zero-order valence-corrected chi connectivity index (χ0v) is 14.0. The molecular formula is C19H24FN3O. The fourth-order valence-electron chi connectivity index (χ4n) is 3.98. The van der Waals surface area contributed by atoms with Crippen LogP contribution in [0.1, 0.15) is 47.9 Å². The average Bonchev–Trinajstić information content (AvgIpc) is 3.33. The minimum Gasteiger partial charge on any atom is -0.391 e. The van der Waals surface area contributed by atoms with Gasteiger partial charge < -0.3 is 5.11 Å². The van der Waals surface area contributed by atoms with Crippen molar-refractivity contribution in [2.75, 3.05) is 13.1 Å². The fraction of sp³-hybridized carbons (Fsp3) is 0.526. The van der Waals surface area contributed by atoms with Crippen molar-refractivity contribution in [3.05, 3.63) is 53.1 Å². The highest BCUT2D eigenvalue weighted by Crippen LogP contribution is 2.41. The summed E-state index contributed by atoms with van der Waals surface area (Å²) in [4.78, 5) is 2.31. The van der Waals surface area contributed by atoms with E-state index in [0.717, 1.165) is 25.1 Å². The number of halogens is 1. The van der Waals surface area contributed by atoms with E-state index >= 15 is 0 Å². The van der Waals surface area contributed by atoms with Crippen molar-refractivity contribution in [3.63, 3.8) is 0 Å². The van der Waals surface area contributed by atoms with Crippen molar-refractivity contribution in [3.8, 4) is 0 Å². The van der Waals surface area contributed by atoms with Gasteiger partial charge in [0, 0.05) is 43.2 Å². The summed E-state index contributed by atoms with van der Waals surface area (Å²) in [5, 5.41) is 15.0. The zero-order chi connectivity index (χ0) is 16.7. The van der Waals surface area contributed by atoms with Gasteiger partial charge in [0.25, 0.3) is 0 Å². The molecule has 1 saturated heterocycles. The number of piperidine rings is 1. The van der Waals surface area contributed by atoms with E-state index in [-0.39, 0.29) is 11.7 Å². The SMILES string of the molecule is Cn1ncc(CN2CC[C@H](c3ccc(F)cc3)[C@@H](O)C2)c1C1CC1. The highest BCUT2D eigenvalue weighted by Gasteiger charge is 2.32. The van der Waals surface area contributed by atoms with E-state index in [1.54, 1.807) is 12.1 Å². The Kier molecular flexibility index (Phi) is 4.14. The van der Waals surface area contributed by atoms with Gasteiger partial charge in [-0.3, -0.25) is 9.58 Å². The molecule has 0 spiro atoms. The molecule has 2 atom stereocenters. The molecule has 2 aliphatic rings. The monoisotopic (exact) mass is 329 g/mol. The molecule has 1 aliphatic heterocycles. The third kappa shape index (κ3) is 3.10. The third-order valence-electron chi connectivity index (χ3n) is 5.39. The summed E-state index contributed by atoms with van der Waals surface area (Å²) >= 11 is 0. The topological polar surface area (TPSA) is 41.3 Å². The minimum atomic E-state index is -0.412. The van der Waals surface area contributed by atoms with Crippen LogP contribution in [0.4, 0.5) is 4.39 Å². The normalized spacial score (nSPS) is 25.1. The van der Waals surface area contributed by atoms with Crippen LogP contribution in [0.5, 0.6) is 0 Å². The molecule has 0 bridgehead atoms. The number of aliphatic hydroxyl groups excluding tert-OH is 1. The number of aryl methyl sites for hydroxylation is 1. The lowest BCUT2D eigenvalue weighted by molar-refractivity contribution is 0.0475. The number of aromatic nitrogens is 2. The molecule has 128 valence electrons. The Labute approximate surface area is 141 Å². The summed E-state index contributed by atoms with van der Waals surface area (Å²) in [7, 11) is 2.02. The molecule has 4 rings (SSSR count). The van der Waals surface area contributed by atoms with Crippen molar-refractivity contribution >= 4 is 0 Å². The van der Waals surface area contributed by atoms with Crippen LogP contribution in [0.25, 0.3) is 0 Å². The van der Waals surface area contributed by atoms with Gasteiger partial charge in [-0.2, -0.15) is 5.10 Å². The van der Waals surface area contributed by atoms with Gasteiger partial charge in [0.15, 0.2) is 0 Å². The zero-order valence-electron chi connectivity index (χ0n) is 14.0. The molecule has 24 heavy (non-hydrogen) atoms. The standard InChI is InChI=1S/C19H24FN3O/c1-22-19(14-2-3-14)15(10-21-22)11-23-9-8-17(18(24)12-23)13-4-6-16(20)7-5-13/h4-7,10,14,17-18,24H,2-3,8-9,11-12H2,1H3/t17-,18+/m1/s1. The predicted molar refractivity (Wildman–Crippen MR) is 90.2 cm³/mol. The van der Waals surface area contributed by atoms with Gasteiger partial charge in [0.2, 0.25) is 0 Å². The number of likely N-dealkylation sites (tertiary alicyclic amines) is 1. The lowest BCUT2D eigenvalue weighted by Gasteiger charge is -2.36. The largest absolute Gasteiger partial charge is 0.391 e. The molecule has 0 radical (unpaired) electrons. The summed E-state index contributed by atoms with van der Waals surface area (Å²) in [6, 6.07) is 6.55. The van der Waals surface area contributed by atoms with Gasteiger partial charge in [-0.05, 0) is 43.5 Å². The van der Waals surface area contributed by atoms with Crippen LogP contribution in [-0.4, -0.2) is 39.0 Å². The molecule has 0 unspecified atom stereocenters. The molecule has 2 aromatic rings. The molecule has 1 saturated carbocycles. The lowest BCUT2D eigenvalue weighted by Crippen LogP contribution is -2.42. The van der Waals surface area contributed by atoms with E-state index in [1.165, 1.54) is 36.2 Å². The van der Waals surface area contributed by atoms with E-state index in [2.05, 4.69) is 10.00 Å². The first-order chi connectivity index (χ1) is 11.6. The van der Waals surface area contributed by atoms with Crippen molar-refractivity contribution in [2.24, 2.45) is 7.05 Å². The predicted octanol–water partition coefficient (Wildman–Crippen LogP) is 2.79. The summed E-state index contributed by atoms with van der Waals surface area (Å²) in [6.07, 6.45) is 4.99. The first-order valence-corrected chi connectivity index (χ1v) is 8.78. The number of rotatable bonds is 4. The number of nitrogens with zero attached hydrogens (tertiary/aromatic N) is 3. The third-order valence-corrected chi connectivity index (χ3v) is 5.39. The van der Waals surface area contributed by atoms with Crippen LogP contribution in [0.15, 0.2) is 30.5 Å². The molecule has 2 heterocycles. The Morgan fingerprint density at radius 1 is 1.21 bits per heavy atom. The average molecular weight is 329 g/mol. The maximum Gasteiger partial charge on any atom is 0.123 e. The second kappa shape index (κ2) is 6.30. The van der Waals surface area contributed by atoms with Crippen LogP contribution in [-0.2, 0) is 13.6 Å².